The van der Waals surface area contributed by atoms with Crippen LogP contribution in [0.2, 0.25) is 0 Å². The van der Waals surface area contributed by atoms with Crippen molar-refractivity contribution in [1.82, 2.24) is 9.88 Å². The van der Waals surface area contributed by atoms with E-state index in [0.29, 0.717) is 6.61 Å². The van der Waals surface area contributed by atoms with E-state index < -0.39 is 0 Å². The highest BCUT2D eigenvalue weighted by molar-refractivity contribution is 5.18. The zero-order valence-corrected chi connectivity index (χ0v) is 13.5. The second-order valence-electron chi connectivity index (χ2n) is 5.30. The van der Waals surface area contributed by atoms with E-state index >= 15 is 0 Å². The molecule has 0 fully saturated rings. The van der Waals surface area contributed by atoms with Crippen LogP contribution in [0.3, 0.4) is 0 Å². The Labute approximate surface area is 132 Å². The number of benzene rings is 1. The van der Waals surface area contributed by atoms with Crippen molar-refractivity contribution < 1.29 is 9.47 Å². The Morgan fingerprint density at radius 2 is 1.73 bits per heavy atom. The summed E-state index contributed by atoms with van der Waals surface area (Å²) < 4.78 is 11.5. The Kier molecular flexibility index (Phi) is 6.52. The van der Waals surface area contributed by atoms with Crippen LogP contribution in [0.25, 0.3) is 0 Å². The van der Waals surface area contributed by atoms with Gasteiger partial charge in [-0.3, -0.25) is 9.88 Å². The molecule has 0 radical (unpaired) electrons. The fraction of sp³-hybridized carbons (Fsp3) is 0.389. The van der Waals surface area contributed by atoms with Crippen molar-refractivity contribution in [3.63, 3.8) is 0 Å². The van der Waals surface area contributed by atoms with Crippen LogP contribution in [0, 0.1) is 0 Å². The molecule has 0 aliphatic heterocycles. The van der Waals surface area contributed by atoms with E-state index in [-0.39, 0.29) is 12.3 Å². The molecule has 1 heterocycles. The summed E-state index contributed by atoms with van der Waals surface area (Å²) >= 11 is 0. The van der Waals surface area contributed by atoms with Gasteiger partial charge >= 0.3 is 0 Å². The SMILES string of the molecule is COCCN(C)C(OC(C)c1ccccc1)c1ccncc1. The maximum absolute atomic E-state index is 6.32. The van der Waals surface area contributed by atoms with Crippen LogP contribution in [0.15, 0.2) is 54.9 Å². The summed E-state index contributed by atoms with van der Waals surface area (Å²) in [6.07, 6.45) is 3.46. The van der Waals surface area contributed by atoms with Gasteiger partial charge in [0.25, 0.3) is 0 Å². The molecule has 118 valence electrons. The third kappa shape index (κ3) is 4.63. The Hall–Kier alpha value is -1.75. The molecule has 0 N–H and O–H groups in total. The molecule has 2 atom stereocenters. The normalized spacial score (nSPS) is 14.0. The van der Waals surface area contributed by atoms with Gasteiger partial charge in [-0.05, 0) is 37.2 Å². The molecular formula is C18H24N2O2. The van der Waals surface area contributed by atoms with Gasteiger partial charge in [0.05, 0.1) is 12.7 Å². The number of aromatic nitrogens is 1. The van der Waals surface area contributed by atoms with Gasteiger partial charge in [0.2, 0.25) is 0 Å². The van der Waals surface area contributed by atoms with E-state index in [1.165, 1.54) is 5.56 Å². The molecule has 2 unspecified atom stereocenters. The number of methoxy groups -OCH3 is 1. The average Bonchev–Trinajstić information content (AvgIpc) is 2.59. The highest BCUT2D eigenvalue weighted by Gasteiger charge is 2.21. The maximum Gasteiger partial charge on any atom is 0.137 e. The first kappa shape index (κ1) is 16.6. The van der Waals surface area contributed by atoms with E-state index in [4.69, 9.17) is 9.47 Å². The van der Waals surface area contributed by atoms with Gasteiger partial charge in [0.1, 0.15) is 6.23 Å². The van der Waals surface area contributed by atoms with E-state index in [2.05, 4.69) is 28.9 Å². The van der Waals surface area contributed by atoms with Crippen LogP contribution < -0.4 is 0 Å². The zero-order chi connectivity index (χ0) is 15.8. The first-order valence-corrected chi connectivity index (χ1v) is 7.52. The topological polar surface area (TPSA) is 34.6 Å². The maximum atomic E-state index is 6.32. The van der Waals surface area contributed by atoms with Crippen molar-refractivity contribution in [2.45, 2.75) is 19.3 Å². The highest BCUT2D eigenvalue weighted by Crippen LogP contribution is 2.28. The molecule has 0 saturated carbocycles. The third-order valence-corrected chi connectivity index (χ3v) is 3.64. The van der Waals surface area contributed by atoms with Crippen molar-refractivity contribution in [3.8, 4) is 0 Å². The molecule has 22 heavy (non-hydrogen) atoms. The van der Waals surface area contributed by atoms with Gasteiger partial charge in [-0.25, -0.2) is 0 Å². The Morgan fingerprint density at radius 1 is 1.05 bits per heavy atom. The first-order chi connectivity index (χ1) is 10.7. The minimum absolute atomic E-state index is 0.00404. The van der Waals surface area contributed by atoms with Crippen molar-refractivity contribution >= 4 is 0 Å². The number of hydrogen-bond acceptors (Lipinski definition) is 4. The minimum atomic E-state index is -0.131. The summed E-state index contributed by atoms with van der Waals surface area (Å²) in [7, 11) is 3.75. The summed E-state index contributed by atoms with van der Waals surface area (Å²) in [5, 5.41) is 0. The van der Waals surface area contributed by atoms with Gasteiger partial charge in [0.15, 0.2) is 0 Å². The van der Waals surface area contributed by atoms with Gasteiger partial charge in [-0.2, -0.15) is 0 Å². The second kappa shape index (κ2) is 8.63. The lowest BCUT2D eigenvalue weighted by molar-refractivity contribution is -0.0938. The molecule has 1 aromatic carbocycles. The molecule has 0 aliphatic rings. The molecule has 0 saturated heterocycles. The first-order valence-electron chi connectivity index (χ1n) is 7.52. The summed E-state index contributed by atoms with van der Waals surface area (Å²) in [6, 6.07) is 14.2. The molecule has 0 amide bonds. The van der Waals surface area contributed by atoms with Gasteiger partial charge in [-0.15, -0.1) is 0 Å². The standard InChI is InChI=1S/C18H24N2O2/c1-15(16-7-5-4-6-8-16)22-18(20(2)13-14-21-3)17-9-11-19-12-10-17/h4-12,15,18H,13-14H2,1-3H3. The molecule has 0 spiro atoms. The van der Waals surface area contributed by atoms with Crippen molar-refractivity contribution in [3.05, 3.63) is 66.0 Å². The number of hydrogen-bond donors (Lipinski definition) is 0. The Bertz CT molecular complexity index is 533. The van der Waals surface area contributed by atoms with E-state index in [1.807, 2.05) is 37.4 Å². The smallest absolute Gasteiger partial charge is 0.137 e. The second-order valence-corrected chi connectivity index (χ2v) is 5.30. The van der Waals surface area contributed by atoms with Crippen LogP contribution in [0.5, 0.6) is 0 Å². The van der Waals surface area contributed by atoms with Crippen LogP contribution in [0.1, 0.15) is 30.4 Å². The van der Waals surface area contributed by atoms with Crippen LogP contribution in [0.4, 0.5) is 0 Å². The van der Waals surface area contributed by atoms with Crippen LogP contribution in [-0.4, -0.2) is 37.2 Å². The van der Waals surface area contributed by atoms with Crippen molar-refractivity contribution in [1.29, 1.82) is 0 Å². The lowest BCUT2D eigenvalue weighted by atomic mass is 10.1. The summed E-state index contributed by atoms with van der Waals surface area (Å²) in [6.45, 7) is 3.54. The Balaban J connectivity index is 2.14. The quantitative estimate of drug-likeness (QED) is 0.700. The third-order valence-electron chi connectivity index (χ3n) is 3.64. The fourth-order valence-electron chi connectivity index (χ4n) is 2.31. The zero-order valence-electron chi connectivity index (χ0n) is 13.5. The number of rotatable bonds is 8. The highest BCUT2D eigenvalue weighted by atomic mass is 16.5. The average molecular weight is 300 g/mol. The number of pyridine rings is 1. The lowest BCUT2D eigenvalue weighted by Gasteiger charge is -2.31. The van der Waals surface area contributed by atoms with E-state index in [1.54, 1.807) is 19.5 Å². The van der Waals surface area contributed by atoms with Gasteiger partial charge in [0, 0.05) is 26.0 Å². The van der Waals surface area contributed by atoms with E-state index in [0.717, 1.165) is 12.1 Å². The molecular weight excluding hydrogens is 276 g/mol. The van der Waals surface area contributed by atoms with Crippen LogP contribution in [-0.2, 0) is 9.47 Å². The summed E-state index contributed by atoms with van der Waals surface area (Å²) in [4.78, 5) is 6.24. The van der Waals surface area contributed by atoms with Gasteiger partial charge < -0.3 is 9.47 Å². The lowest BCUT2D eigenvalue weighted by Crippen LogP contribution is -2.30. The fourth-order valence-corrected chi connectivity index (χ4v) is 2.31. The molecule has 1 aromatic heterocycles. The minimum Gasteiger partial charge on any atom is -0.383 e. The van der Waals surface area contributed by atoms with Crippen molar-refractivity contribution in [2.24, 2.45) is 0 Å². The number of nitrogens with zero attached hydrogens (tertiary/aromatic N) is 2. The van der Waals surface area contributed by atoms with Gasteiger partial charge in [-0.1, -0.05) is 30.3 Å². The van der Waals surface area contributed by atoms with E-state index in [9.17, 15) is 0 Å². The molecule has 0 bridgehead atoms. The summed E-state index contributed by atoms with van der Waals surface area (Å²) in [5.74, 6) is 0. The monoisotopic (exact) mass is 300 g/mol. The molecule has 2 aromatic rings. The number of likely N-dealkylation sites (N-methyl/N-ethyl adjacent to an activating group) is 1. The number of ether oxygens (including phenoxy) is 2. The molecule has 4 nitrogen and oxygen atoms in total. The predicted molar refractivity (Wildman–Crippen MR) is 87.4 cm³/mol. The van der Waals surface area contributed by atoms with Crippen molar-refractivity contribution in [2.75, 3.05) is 27.3 Å². The largest absolute Gasteiger partial charge is 0.383 e. The molecule has 4 heteroatoms. The molecule has 2 rings (SSSR count). The van der Waals surface area contributed by atoms with Crippen LogP contribution >= 0.6 is 0 Å². The molecule has 0 aliphatic carbocycles. The Morgan fingerprint density at radius 3 is 2.36 bits per heavy atom. The predicted octanol–water partition coefficient (Wildman–Crippen LogP) is 3.44. The summed E-state index contributed by atoms with van der Waals surface area (Å²) in [5.41, 5.74) is 2.26.